The monoisotopic (exact) mass is 319 g/mol. The number of rotatable bonds is 4. The van der Waals surface area contributed by atoms with Crippen LogP contribution in [-0.4, -0.2) is 11.2 Å². The zero-order chi connectivity index (χ0) is 15.4. The van der Waals surface area contributed by atoms with E-state index >= 15 is 0 Å². The molecule has 0 saturated carbocycles. The van der Waals surface area contributed by atoms with Gasteiger partial charge in [-0.25, -0.2) is 0 Å². The normalized spacial score (nSPS) is 12.0. The lowest BCUT2D eigenvalue weighted by atomic mass is 10.1. The Hall–Kier alpha value is -1.45. The molecule has 0 saturated heterocycles. The molecule has 0 aliphatic carbocycles. The van der Waals surface area contributed by atoms with E-state index in [0.717, 1.165) is 16.1 Å². The molecule has 0 spiro atoms. The van der Waals surface area contributed by atoms with E-state index in [1.807, 2.05) is 57.2 Å². The van der Waals surface area contributed by atoms with Gasteiger partial charge >= 0.3 is 0 Å². The number of nitrogens with one attached hydrogen (secondary N) is 1. The molecule has 0 aromatic heterocycles. The highest BCUT2D eigenvalue weighted by Gasteiger charge is 2.16. The van der Waals surface area contributed by atoms with E-state index in [9.17, 15) is 4.79 Å². The molecule has 110 valence electrons. The summed E-state index contributed by atoms with van der Waals surface area (Å²) in [5.74, 6) is -0.0214. The summed E-state index contributed by atoms with van der Waals surface area (Å²) in [7, 11) is 0. The molecule has 1 amide bonds. The summed E-state index contributed by atoms with van der Waals surface area (Å²) in [6, 6.07) is 13.5. The van der Waals surface area contributed by atoms with Crippen LogP contribution in [0.1, 0.15) is 18.1 Å². The second-order valence-electron chi connectivity index (χ2n) is 5.00. The first-order valence-corrected chi connectivity index (χ1v) is 8.02. The highest BCUT2D eigenvalue weighted by atomic mass is 35.5. The van der Waals surface area contributed by atoms with E-state index in [2.05, 4.69) is 11.4 Å². The lowest BCUT2D eigenvalue weighted by Gasteiger charge is -2.14. The summed E-state index contributed by atoms with van der Waals surface area (Å²) < 4.78 is 0. The molecular weight excluding hydrogens is 302 g/mol. The summed E-state index contributed by atoms with van der Waals surface area (Å²) in [6.45, 7) is 5.91. The SMILES string of the molecule is Cc1ccc(NC(=O)[C@H](C)Sc2ccccc2Cl)c(C)c1. The van der Waals surface area contributed by atoms with Gasteiger partial charge in [-0.1, -0.05) is 41.4 Å². The molecule has 0 fully saturated rings. The van der Waals surface area contributed by atoms with E-state index in [0.29, 0.717) is 5.02 Å². The Morgan fingerprint density at radius 1 is 1.19 bits per heavy atom. The fourth-order valence-corrected chi connectivity index (χ4v) is 3.13. The molecule has 2 aromatic carbocycles. The quantitative estimate of drug-likeness (QED) is 0.796. The van der Waals surface area contributed by atoms with E-state index < -0.39 is 0 Å². The van der Waals surface area contributed by atoms with E-state index in [1.165, 1.54) is 17.3 Å². The summed E-state index contributed by atoms with van der Waals surface area (Å²) in [5, 5.41) is 3.43. The summed E-state index contributed by atoms with van der Waals surface area (Å²) >= 11 is 7.59. The van der Waals surface area contributed by atoms with Crippen LogP contribution in [0.5, 0.6) is 0 Å². The Balaban J connectivity index is 2.04. The molecule has 0 aliphatic rings. The number of benzene rings is 2. The minimum atomic E-state index is -0.217. The van der Waals surface area contributed by atoms with Crippen molar-refractivity contribution in [2.75, 3.05) is 5.32 Å². The van der Waals surface area contributed by atoms with Crippen molar-refractivity contribution >= 4 is 35.0 Å². The van der Waals surface area contributed by atoms with Gasteiger partial charge in [-0.05, 0) is 44.5 Å². The fraction of sp³-hybridized carbons (Fsp3) is 0.235. The maximum absolute atomic E-state index is 12.3. The minimum Gasteiger partial charge on any atom is -0.325 e. The predicted molar refractivity (Wildman–Crippen MR) is 91.3 cm³/mol. The number of amides is 1. The topological polar surface area (TPSA) is 29.1 Å². The smallest absolute Gasteiger partial charge is 0.237 e. The molecule has 0 aliphatic heterocycles. The van der Waals surface area contributed by atoms with Crippen molar-refractivity contribution in [3.63, 3.8) is 0 Å². The molecule has 4 heteroatoms. The van der Waals surface area contributed by atoms with Crippen molar-refractivity contribution in [2.45, 2.75) is 30.9 Å². The number of carbonyl (C=O) groups excluding carboxylic acids is 1. The molecule has 1 N–H and O–H groups in total. The zero-order valence-electron chi connectivity index (χ0n) is 12.3. The minimum absolute atomic E-state index is 0.0214. The molecule has 0 heterocycles. The van der Waals surface area contributed by atoms with Gasteiger partial charge in [0.2, 0.25) is 5.91 Å². The third kappa shape index (κ3) is 4.26. The van der Waals surface area contributed by atoms with Crippen LogP contribution in [0, 0.1) is 13.8 Å². The van der Waals surface area contributed by atoms with Gasteiger partial charge in [-0.15, -0.1) is 11.8 Å². The van der Waals surface area contributed by atoms with E-state index in [4.69, 9.17) is 11.6 Å². The molecule has 2 aromatic rings. The van der Waals surface area contributed by atoms with E-state index in [1.54, 1.807) is 0 Å². The van der Waals surface area contributed by atoms with Crippen molar-refractivity contribution in [3.8, 4) is 0 Å². The van der Waals surface area contributed by atoms with Gasteiger partial charge < -0.3 is 5.32 Å². The predicted octanol–water partition coefficient (Wildman–Crippen LogP) is 5.08. The highest BCUT2D eigenvalue weighted by molar-refractivity contribution is 8.00. The number of thioether (sulfide) groups is 1. The van der Waals surface area contributed by atoms with Gasteiger partial charge in [0.15, 0.2) is 0 Å². The molecule has 0 bridgehead atoms. The Morgan fingerprint density at radius 2 is 1.90 bits per heavy atom. The maximum Gasteiger partial charge on any atom is 0.237 e. The van der Waals surface area contributed by atoms with Crippen molar-refractivity contribution in [3.05, 3.63) is 58.6 Å². The second-order valence-corrected chi connectivity index (χ2v) is 6.79. The van der Waals surface area contributed by atoms with Gasteiger partial charge in [-0.3, -0.25) is 4.79 Å². The maximum atomic E-state index is 12.3. The molecule has 0 unspecified atom stereocenters. The fourth-order valence-electron chi connectivity index (χ4n) is 1.97. The first-order valence-electron chi connectivity index (χ1n) is 6.76. The summed E-state index contributed by atoms with van der Waals surface area (Å²) in [6.07, 6.45) is 0. The first kappa shape index (κ1) is 15.9. The second kappa shape index (κ2) is 7.01. The van der Waals surface area contributed by atoms with Crippen LogP contribution in [-0.2, 0) is 4.79 Å². The summed E-state index contributed by atoms with van der Waals surface area (Å²) in [4.78, 5) is 13.2. The lowest BCUT2D eigenvalue weighted by molar-refractivity contribution is -0.115. The van der Waals surface area contributed by atoms with Crippen LogP contribution >= 0.6 is 23.4 Å². The van der Waals surface area contributed by atoms with Gasteiger partial charge in [0, 0.05) is 10.6 Å². The summed E-state index contributed by atoms with van der Waals surface area (Å²) in [5.41, 5.74) is 3.11. The molecule has 0 radical (unpaired) electrons. The van der Waals surface area contributed by atoms with Gasteiger partial charge in [0.05, 0.1) is 10.3 Å². The van der Waals surface area contributed by atoms with Gasteiger partial charge in [-0.2, -0.15) is 0 Å². The number of halogens is 1. The van der Waals surface area contributed by atoms with Crippen LogP contribution in [0.25, 0.3) is 0 Å². The Labute approximate surface area is 134 Å². The van der Waals surface area contributed by atoms with Crippen LogP contribution in [0.3, 0.4) is 0 Å². The number of hydrogen-bond donors (Lipinski definition) is 1. The van der Waals surface area contributed by atoms with Crippen molar-refractivity contribution < 1.29 is 4.79 Å². The molecule has 2 nitrogen and oxygen atoms in total. The van der Waals surface area contributed by atoms with Crippen molar-refractivity contribution in [1.29, 1.82) is 0 Å². The molecular formula is C17H18ClNOS. The Kier molecular flexibility index (Phi) is 5.32. The van der Waals surface area contributed by atoms with Crippen molar-refractivity contribution in [2.24, 2.45) is 0 Å². The standard InChI is InChI=1S/C17H18ClNOS/c1-11-8-9-15(12(2)10-11)19-17(20)13(3)21-16-7-5-4-6-14(16)18/h4-10,13H,1-3H3,(H,19,20)/t13-/m0/s1. The third-order valence-corrected chi connectivity index (χ3v) is 4.77. The van der Waals surface area contributed by atoms with Crippen LogP contribution in [0.2, 0.25) is 5.02 Å². The number of carbonyl (C=O) groups is 1. The number of anilines is 1. The lowest BCUT2D eigenvalue weighted by Crippen LogP contribution is -2.22. The molecule has 2 rings (SSSR count). The molecule has 21 heavy (non-hydrogen) atoms. The van der Waals surface area contributed by atoms with Gasteiger partial charge in [0.1, 0.15) is 0 Å². The average molecular weight is 320 g/mol. The Morgan fingerprint density at radius 3 is 2.57 bits per heavy atom. The zero-order valence-corrected chi connectivity index (χ0v) is 13.9. The highest BCUT2D eigenvalue weighted by Crippen LogP contribution is 2.30. The van der Waals surface area contributed by atoms with Crippen LogP contribution in [0.15, 0.2) is 47.4 Å². The van der Waals surface area contributed by atoms with Gasteiger partial charge in [0.25, 0.3) is 0 Å². The van der Waals surface area contributed by atoms with E-state index in [-0.39, 0.29) is 11.2 Å². The largest absolute Gasteiger partial charge is 0.325 e. The van der Waals surface area contributed by atoms with Crippen LogP contribution < -0.4 is 5.32 Å². The number of hydrogen-bond acceptors (Lipinski definition) is 2. The van der Waals surface area contributed by atoms with Crippen LogP contribution in [0.4, 0.5) is 5.69 Å². The Bertz CT molecular complexity index is 657. The number of aryl methyl sites for hydroxylation is 2. The molecule has 1 atom stereocenters. The third-order valence-electron chi connectivity index (χ3n) is 3.15. The first-order chi connectivity index (χ1) is 9.97. The average Bonchev–Trinajstić information content (AvgIpc) is 2.44. The van der Waals surface area contributed by atoms with Crippen molar-refractivity contribution in [1.82, 2.24) is 0 Å².